The summed E-state index contributed by atoms with van der Waals surface area (Å²) in [6, 6.07) is 5.84. The molecule has 0 saturated carbocycles. The molecule has 1 N–H and O–H groups in total. The number of hydrogen-bond donors (Lipinski definition) is 1. The van der Waals surface area contributed by atoms with Crippen LogP contribution in [0.25, 0.3) is 0 Å². The van der Waals surface area contributed by atoms with Gasteiger partial charge in [0.2, 0.25) is 5.91 Å². The maximum absolute atomic E-state index is 12.1. The third kappa shape index (κ3) is 4.84. The molecule has 1 saturated heterocycles. The summed E-state index contributed by atoms with van der Waals surface area (Å²) in [7, 11) is 0. The SMILES string of the molecule is CC(=O)NCC1CCN(c2ccc(OC(F)(F)F)cc2)C1. The molecule has 1 amide bonds. The van der Waals surface area contributed by atoms with E-state index >= 15 is 0 Å². The van der Waals surface area contributed by atoms with Crippen LogP contribution in [-0.2, 0) is 4.79 Å². The van der Waals surface area contributed by atoms with Crippen molar-refractivity contribution in [2.45, 2.75) is 19.7 Å². The second-order valence-corrected chi connectivity index (χ2v) is 5.08. The maximum Gasteiger partial charge on any atom is 0.573 e. The van der Waals surface area contributed by atoms with Crippen molar-refractivity contribution in [2.75, 3.05) is 24.5 Å². The Bertz CT molecular complexity index is 488. The van der Waals surface area contributed by atoms with Gasteiger partial charge in [-0.3, -0.25) is 4.79 Å². The first-order valence-corrected chi connectivity index (χ1v) is 6.69. The average Bonchev–Trinajstić information content (AvgIpc) is 2.84. The van der Waals surface area contributed by atoms with E-state index in [-0.39, 0.29) is 11.7 Å². The monoisotopic (exact) mass is 302 g/mol. The first-order valence-electron chi connectivity index (χ1n) is 6.69. The lowest BCUT2D eigenvalue weighted by molar-refractivity contribution is -0.274. The summed E-state index contributed by atoms with van der Waals surface area (Å²) >= 11 is 0. The van der Waals surface area contributed by atoms with E-state index in [1.54, 1.807) is 12.1 Å². The molecule has 0 aliphatic carbocycles. The van der Waals surface area contributed by atoms with Gasteiger partial charge in [-0.25, -0.2) is 0 Å². The maximum atomic E-state index is 12.1. The molecule has 1 fully saturated rings. The zero-order valence-electron chi connectivity index (χ0n) is 11.6. The summed E-state index contributed by atoms with van der Waals surface area (Å²) in [4.78, 5) is 13.0. The molecule has 1 heterocycles. The lowest BCUT2D eigenvalue weighted by atomic mass is 10.1. The minimum atomic E-state index is -4.67. The Morgan fingerprint density at radius 2 is 2.05 bits per heavy atom. The largest absolute Gasteiger partial charge is 0.573 e. The number of halogens is 3. The normalized spacial score (nSPS) is 18.7. The lowest BCUT2D eigenvalue weighted by Gasteiger charge is -2.19. The van der Waals surface area contributed by atoms with Crippen molar-refractivity contribution in [3.63, 3.8) is 0 Å². The summed E-state index contributed by atoms with van der Waals surface area (Å²) in [6.07, 6.45) is -3.72. The number of nitrogens with one attached hydrogen (secondary N) is 1. The minimum Gasteiger partial charge on any atom is -0.406 e. The molecule has 0 radical (unpaired) electrons. The first kappa shape index (κ1) is 15.5. The van der Waals surface area contributed by atoms with Crippen LogP contribution in [-0.4, -0.2) is 31.9 Å². The Kier molecular flexibility index (Phi) is 4.59. The number of hydrogen-bond acceptors (Lipinski definition) is 3. The van der Waals surface area contributed by atoms with Crippen molar-refractivity contribution in [1.82, 2.24) is 5.32 Å². The number of amides is 1. The Morgan fingerprint density at radius 1 is 1.38 bits per heavy atom. The number of nitrogens with zero attached hydrogens (tertiary/aromatic N) is 1. The fourth-order valence-corrected chi connectivity index (χ4v) is 2.38. The summed E-state index contributed by atoms with van der Waals surface area (Å²) in [5.41, 5.74) is 0.856. The van der Waals surface area contributed by atoms with Crippen LogP contribution < -0.4 is 15.0 Å². The van der Waals surface area contributed by atoms with Crippen molar-refractivity contribution >= 4 is 11.6 Å². The van der Waals surface area contributed by atoms with Crippen molar-refractivity contribution < 1.29 is 22.7 Å². The van der Waals surface area contributed by atoms with Crippen LogP contribution in [0.5, 0.6) is 5.75 Å². The molecule has 1 unspecified atom stereocenters. The molecular weight excluding hydrogens is 285 g/mol. The molecule has 1 aromatic carbocycles. The Morgan fingerprint density at radius 3 is 2.62 bits per heavy atom. The van der Waals surface area contributed by atoms with Crippen LogP contribution in [0.2, 0.25) is 0 Å². The number of ether oxygens (including phenoxy) is 1. The average molecular weight is 302 g/mol. The van der Waals surface area contributed by atoms with Crippen LogP contribution in [0, 0.1) is 5.92 Å². The molecule has 1 atom stereocenters. The van der Waals surface area contributed by atoms with E-state index in [2.05, 4.69) is 15.0 Å². The van der Waals surface area contributed by atoms with Crippen LogP contribution in [0.1, 0.15) is 13.3 Å². The smallest absolute Gasteiger partial charge is 0.406 e. The fraction of sp³-hybridized carbons (Fsp3) is 0.500. The Labute approximate surface area is 120 Å². The molecule has 4 nitrogen and oxygen atoms in total. The highest BCUT2D eigenvalue weighted by molar-refractivity contribution is 5.72. The minimum absolute atomic E-state index is 0.0536. The molecule has 7 heteroatoms. The van der Waals surface area contributed by atoms with Crippen LogP contribution in [0.15, 0.2) is 24.3 Å². The van der Waals surface area contributed by atoms with Gasteiger partial charge in [-0.05, 0) is 36.6 Å². The van der Waals surface area contributed by atoms with E-state index in [1.165, 1.54) is 19.1 Å². The summed E-state index contributed by atoms with van der Waals surface area (Å²) < 4.78 is 40.1. The Balaban J connectivity index is 1.90. The molecule has 0 bridgehead atoms. The molecule has 21 heavy (non-hydrogen) atoms. The number of carbonyl (C=O) groups is 1. The highest BCUT2D eigenvalue weighted by Gasteiger charge is 2.31. The topological polar surface area (TPSA) is 41.6 Å². The predicted octanol–water partition coefficient (Wildman–Crippen LogP) is 2.55. The first-order chi connectivity index (χ1) is 9.83. The molecule has 1 aromatic rings. The Hall–Kier alpha value is -1.92. The van der Waals surface area contributed by atoms with Gasteiger partial charge in [0.25, 0.3) is 0 Å². The summed E-state index contributed by atoms with van der Waals surface area (Å²) in [6.45, 7) is 3.71. The van der Waals surface area contributed by atoms with E-state index in [9.17, 15) is 18.0 Å². The number of carbonyl (C=O) groups excluding carboxylic acids is 1. The molecule has 0 aromatic heterocycles. The van der Waals surface area contributed by atoms with E-state index in [4.69, 9.17) is 0 Å². The summed E-state index contributed by atoms with van der Waals surface area (Å²) in [5.74, 6) is 0.0855. The van der Waals surface area contributed by atoms with E-state index in [1.807, 2.05) is 0 Å². The van der Waals surface area contributed by atoms with Crippen molar-refractivity contribution in [2.24, 2.45) is 5.92 Å². The van der Waals surface area contributed by atoms with Gasteiger partial charge in [-0.2, -0.15) is 0 Å². The number of benzene rings is 1. The van der Waals surface area contributed by atoms with E-state index < -0.39 is 6.36 Å². The van der Waals surface area contributed by atoms with Gasteiger partial charge in [0.1, 0.15) is 5.75 Å². The zero-order chi connectivity index (χ0) is 15.5. The highest BCUT2D eigenvalue weighted by Crippen LogP contribution is 2.28. The van der Waals surface area contributed by atoms with Crippen LogP contribution in [0.3, 0.4) is 0 Å². The third-order valence-electron chi connectivity index (χ3n) is 3.36. The highest BCUT2D eigenvalue weighted by atomic mass is 19.4. The molecule has 2 rings (SSSR count). The predicted molar refractivity (Wildman–Crippen MR) is 72.1 cm³/mol. The lowest BCUT2D eigenvalue weighted by Crippen LogP contribution is -2.29. The molecule has 0 spiro atoms. The van der Waals surface area contributed by atoms with Gasteiger partial charge in [-0.1, -0.05) is 0 Å². The van der Waals surface area contributed by atoms with Gasteiger partial charge in [-0.15, -0.1) is 13.2 Å². The molecule has 116 valence electrons. The van der Waals surface area contributed by atoms with E-state index in [0.29, 0.717) is 12.5 Å². The van der Waals surface area contributed by atoms with Crippen LogP contribution in [0.4, 0.5) is 18.9 Å². The van der Waals surface area contributed by atoms with Crippen molar-refractivity contribution in [3.8, 4) is 5.75 Å². The quantitative estimate of drug-likeness (QED) is 0.929. The van der Waals surface area contributed by atoms with Gasteiger partial charge >= 0.3 is 6.36 Å². The fourth-order valence-electron chi connectivity index (χ4n) is 2.38. The number of anilines is 1. The second-order valence-electron chi connectivity index (χ2n) is 5.08. The number of rotatable bonds is 4. The third-order valence-corrected chi connectivity index (χ3v) is 3.36. The zero-order valence-corrected chi connectivity index (χ0v) is 11.6. The standard InChI is InChI=1S/C14H17F3N2O2/c1-10(20)18-8-11-6-7-19(9-11)12-2-4-13(5-3-12)21-14(15,16)17/h2-5,11H,6-9H2,1H3,(H,18,20). The second kappa shape index (κ2) is 6.24. The van der Waals surface area contributed by atoms with Gasteiger partial charge in [0, 0.05) is 32.2 Å². The van der Waals surface area contributed by atoms with Crippen molar-refractivity contribution in [1.29, 1.82) is 0 Å². The van der Waals surface area contributed by atoms with Gasteiger partial charge in [0.05, 0.1) is 0 Å². The summed E-state index contributed by atoms with van der Waals surface area (Å²) in [5, 5.41) is 2.78. The van der Waals surface area contributed by atoms with Gasteiger partial charge < -0.3 is 15.0 Å². The molecule has 1 aliphatic rings. The molecule has 1 aliphatic heterocycles. The van der Waals surface area contributed by atoms with E-state index in [0.717, 1.165) is 25.2 Å². The van der Waals surface area contributed by atoms with Gasteiger partial charge in [0.15, 0.2) is 0 Å². The molecular formula is C14H17F3N2O2. The van der Waals surface area contributed by atoms with Crippen LogP contribution >= 0.6 is 0 Å². The van der Waals surface area contributed by atoms with Crippen molar-refractivity contribution in [3.05, 3.63) is 24.3 Å². The number of alkyl halides is 3.